The molecule has 0 aromatic heterocycles. The van der Waals surface area contributed by atoms with Gasteiger partial charge in [0.2, 0.25) is 0 Å². The van der Waals surface area contributed by atoms with Crippen molar-refractivity contribution in [1.82, 2.24) is 0 Å². The van der Waals surface area contributed by atoms with Gasteiger partial charge in [0.15, 0.2) is 0 Å². The molecule has 0 saturated carbocycles. The molecular weight excluding hydrogens is 156 g/mol. The Bertz CT molecular complexity index is 137. The molecule has 0 aliphatic heterocycles. The molecule has 0 spiro atoms. The van der Waals surface area contributed by atoms with Crippen molar-refractivity contribution in [1.29, 1.82) is 0 Å². The predicted molar refractivity (Wildman–Crippen MR) is 32.3 cm³/mol. The van der Waals surface area contributed by atoms with Crippen LogP contribution in [0.25, 0.3) is 0 Å². The monoisotopic (exact) mass is 164 g/mol. The Kier molecular flexibility index (Phi) is 3.79. The zero-order valence-electron chi connectivity index (χ0n) is 5.81. The number of rotatable bonds is 3. The van der Waals surface area contributed by atoms with Crippen molar-refractivity contribution < 1.29 is 29.3 Å². The molecule has 64 valence electrons. The molecule has 0 radical (unpaired) electrons. The van der Waals surface area contributed by atoms with E-state index in [-0.39, 0.29) is 6.42 Å². The molecule has 0 amide bonds. The van der Waals surface area contributed by atoms with Crippen LogP contribution in [0.2, 0.25) is 0 Å². The van der Waals surface area contributed by atoms with E-state index in [2.05, 4.69) is 9.47 Å². The van der Waals surface area contributed by atoms with Gasteiger partial charge in [0.05, 0.1) is 0 Å². The van der Waals surface area contributed by atoms with Crippen LogP contribution < -0.4 is 0 Å². The van der Waals surface area contributed by atoms with E-state index in [1.165, 1.54) is 6.92 Å². The predicted octanol–water partition coefficient (Wildman–Crippen LogP) is 1.11. The van der Waals surface area contributed by atoms with Gasteiger partial charge in [0, 0.05) is 6.42 Å². The van der Waals surface area contributed by atoms with Crippen LogP contribution in [0.5, 0.6) is 0 Å². The van der Waals surface area contributed by atoms with Gasteiger partial charge in [-0.15, -0.1) is 0 Å². The van der Waals surface area contributed by atoms with Crippen LogP contribution in [0.15, 0.2) is 0 Å². The third-order valence-corrected chi connectivity index (χ3v) is 0.798. The maximum atomic E-state index is 9.85. The van der Waals surface area contributed by atoms with E-state index < -0.39 is 18.6 Å². The first-order valence-corrected chi connectivity index (χ1v) is 2.85. The largest absolute Gasteiger partial charge is 0.508 e. The van der Waals surface area contributed by atoms with Crippen LogP contribution in [0, 0.1) is 0 Å². The Morgan fingerprint density at radius 3 is 1.82 bits per heavy atom. The highest BCUT2D eigenvalue weighted by molar-refractivity contribution is 5.59. The highest BCUT2D eigenvalue weighted by Crippen LogP contribution is 2.00. The van der Waals surface area contributed by atoms with Crippen molar-refractivity contribution in [3.05, 3.63) is 0 Å². The summed E-state index contributed by atoms with van der Waals surface area (Å²) < 4.78 is 8.05. The summed E-state index contributed by atoms with van der Waals surface area (Å²) in [5.74, 6) is 0. The molecule has 0 atom stereocenters. The maximum absolute atomic E-state index is 9.85. The first-order valence-electron chi connectivity index (χ1n) is 2.85. The molecule has 2 N–H and O–H groups in total. The molecule has 6 heteroatoms. The summed E-state index contributed by atoms with van der Waals surface area (Å²) in [6.45, 7) is 1.54. The molecule has 0 aromatic carbocycles. The number of ether oxygens (including phenoxy) is 2. The van der Waals surface area contributed by atoms with E-state index in [9.17, 15) is 9.59 Å². The Labute approximate surface area is 62.3 Å². The highest BCUT2D eigenvalue weighted by Gasteiger charge is 2.14. The quantitative estimate of drug-likeness (QED) is 0.479. The van der Waals surface area contributed by atoms with E-state index in [0.717, 1.165) is 0 Å². The van der Waals surface area contributed by atoms with Crippen LogP contribution in [0.1, 0.15) is 13.3 Å². The highest BCUT2D eigenvalue weighted by atomic mass is 16.8. The normalized spacial score (nSPS) is 9.27. The molecule has 0 aromatic rings. The minimum absolute atomic E-state index is 0.151. The molecule has 0 bridgehead atoms. The van der Waals surface area contributed by atoms with Crippen LogP contribution in [0.3, 0.4) is 0 Å². The van der Waals surface area contributed by atoms with Crippen molar-refractivity contribution in [2.45, 2.75) is 19.6 Å². The Morgan fingerprint density at radius 1 is 1.27 bits per heavy atom. The van der Waals surface area contributed by atoms with E-state index in [0.29, 0.717) is 0 Å². The van der Waals surface area contributed by atoms with Gasteiger partial charge in [-0.05, 0) is 0 Å². The molecule has 11 heavy (non-hydrogen) atoms. The van der Waals surface area contributed by atoms with Crippen LogP contribution in [-0.4, -0.2) is 28.8 Å². The fourth-order valence-electron chi connectivity index (χ4n) is 0.416. The topological polar surface area (TPSA) is 93.1 Å². The van der Waals surface area contributed by atoms with Gasteiger partial charge in [-0.2, -0.15) is 0 Å². The first-order chi connectivity index (χ1) is 5.06. The Hall–Kier alpha value is -1.46. The van der Waals surface area contributed by atoms with Crippen molar-refractivity contribution >= 4 is 12.3 Å². The van der Waals surface area contributed by atoms with Gasteiger partial charge in [-0.1, -0.05) is 6.92 Å². The summed E-state index contributed by atoms with van der Waals surface area (Å²) in [6.07, 6.45) is -4.19. The van der Waals surface area contributed by atoms with Gasteiger partial charge < -0.3 is 19.7 Å². The molecule has 0 heterocycles. The number of hydrogen-bond donors (Lipinski definition) is 2. The lowest BCUT2D eigenvalue weighted by atomic mass is 10.5. The third kappa shape index (κ3) is 5.01. The van der Waals surface area contributed by atoms with E-state index in [1.807, 2.05) is 0 Å². The van der Waals surface area contributed by atoms with E-state index in [1.54, 1.807) is 0 Å². The standard InChI is InChI=1S/C5H8O6/c1-2-3(10-4(6)7)11-5(8)9/h3H,2H2,1H3,(H,6,7)(H,8,9). The second-order valence-corrected chi connectivity index (χ2v) is 1.61. The molecule has 0 fully saturated rings. The number of hydrogen-bond acceptors (Lipinski definition) is 4. The van der Waals surface area contributed by atoms with Gasteiger partial charge in [0.1, 0.15) is 0 Å². The zero-order chi connectivity index (χ0) is 8.85. The van der Waals surface area contributed by atoms with Gasteiger partial charge in [-0.3, -0.25) is 0 Å². The van der Waals surface area contributed by atoms with Crippen LogP contribution >= 0.6 is 0 Å². The summed E-state index contributed by atoms with van der Waals surface area (Å²) in [7, 11) is 0. The summed E-state index contributed by atoms with van der Waals surface area (Å²) in [5.41, 5.74) is 0. The summed E-state index contributed by atoms with van der Waals surface area (Å²) in [5, 5.41) is 16.1. The second-order valence-electron chi connectivity index (χ2n) is 1.61. The maximum Gasteiger partial charge on any atom is 0.508 e. The Balaban J connectivity index is 3.76. The SMILES string of the molecule is CCC(OC(=O)O)OC(=O)O. The lowest BCUT2D eigenvalue weighted by Crippen LogP contribution is -2.22. The van der Waals surface area contributed by atoms with Gasteiger partial charge >= 0.3 is 12.3 Å². The third-order valence-electron chi connectivity index (χ3n) is 0.798. The average Bonchev–Trinajstić information content (AvgIpc) is 1.84. The van der Waals surface area contributed by atoms with E-state index >= 15 is 0 Å². The lowest BCUT2D eigenvalue weighted by molar-refractivity contribution is -0.0917. The first kappa shape index (κ1) is 9.54. The molecule has 6 nitrogen and oxygen atoms in total. The molecule has 0 saturated heterocycles. The van der Waals surface area contributed by atoms with Crippen LogP contribution in [-0.2, 0) is 9.47 Å². The number of carbonyl (C=O) groups is 2. The van der Waals surface area contributed by atoms with Crippen molar-refractivity contribution in [2.75, 3.05) is 0 Å². The molecule has 0 unspecified atom stereocenters. The summed E-state index contributed by atoms with van der Waals surface area (Å²) >= 11 is 0. The number of carboxylic acid groups (broad SMARTS) is 2. The fourth-order valence-corrected chi connectivity index (χ4v) is 0.416. The van der Waals surface area contributed by atoms with E-state index in [4.69, 9.17) is 10.2 Å². The van der Waals surface area contributed by atoms with Crippen LogP contribution in [0.4, 0.5) is 9.59 Å². The minimum Gasteiger partial charge on any atom is -0.450 e. The lowest BCUT2D eigenvalue weighted by Gasteiger charge is -2.11. The zero-order valence-corrected chi connectivity index (χ0v) is 5.81. The van der Waals surface area contributed by atoms with Crippen molar-refractivity contribution in [2.24, 2.45) is 0 Å². The van der Waals surface area contributed by atoms with Gasteiger partial charge in [-0.25, -0.2) is 9.59 Å². The van der Waals surface area contributed by atoms with Crippen molar-refractivity contribution in [3.63, 3.8) is 0 Å². The average molecular weight is 164 g/mol. The smallest absolute Gasteiger partial charge is 0.450 e. The second kappa shape index (κ2) is 4.37. The molecule has 0 aliphatic rings. The summed E-state index contributed by atoms with van der Waals surface area (Å²) in [4.78, 5) is 19.7. The Morgan fingerprint density at radius 2 is 1.64 bits per heavy atom. The molecular formula is C5H8O6. The fraction of sp³-hybridized carbons (Fsp3) is 0.600. The van der Waals surface area contributed by atoms with Crippen molar-refractivity contribution in [3.8, 4) is 0 Å². The molecule has 0 rings (SSSR count). The molecule has 0 aliphatic carbocycles. The minimum atomic E-state index is -1.56. The summed E-state index contributed by atoms with van der Waals surface area (Å²) in [6, 6.07) is 0. The van der Waals surface area contributed by atoms with Gasteiger partial charge in [0.25, 0.3) is 6.29 Å².